The normalized spacial score (nSPS) is 19.8. The lowest BCUT2D eigenvalue weighted by Gasteiger charge is -2.45. The van der Waals surface area contributed by atoms with Gasteiger partial charge in [0.15, 0.2) is 0 Å². The highest BCUT2D eigenvalue weighted by molar-refractivity contribution is 5.70. The van der Waals surface area contributed by atoms with Gasteiger partial charge in [0.25, 0.3) is 0 Å². The molecule has 2 atom stereocenters. The highest BCUT2D eigenvalue weighted by atomic mass is 19.1. The fourth-order valence-corrected chi connectivity index (χ4v) is 2.46. The first-order valence-corrected chi connectivity index (χ1v) is 6.63. The minimum Gasteiger partial charge on any atom is -0.481 e. The average Bonchev–Trinajstić information content (AvgIpc) is 2.30. The molecule has 1 fully saturated rings. The highest BCUT2D eigenvalue weighted by Crippen LogP contribution is 2.32. The van der Waals surface area contributed by atoms with Crippen LogP contribution in [0.4, 0.5) is 4.39 Å². The van der Waals surface area contributed by atoms with Crippen molar-refractivity contribution >= 4 is 5.97 Å². The molecule has 0 saturated carbocycles. The van der Waals surface area contributed by atoms with Gasteiger partial charge in [-0.1, -0.05) is 19.1 Å². The Morgan fingerprint density at radius 3 is 2.58 bits per heavy atom. The van der Waals surface area contributed by atoms with E-state index >= 15 is 0 Å². The van der Waals surface area contributed by atoms with Crippen LogP contribution in [0.5, 0.6) is 0 Å². The van der Waals surface area contributed by atoms with Crippen LogP contribution in [-0.4, -0.2) is 29.1 Å². The van der Waals surface area contributed by atoms with E-state index in [2.05, 4.69) is 4.90 Å². The van der Waals surface area contributed by atoms with Crippen LogP contribution in [0, 0.1) is 24.6 Å². The number of likely N-dealkylation sites (tertiary alicyclic amines) is 1. The maximum Gasteiger partial charge on any atom is 0.306 e. The van der Waals surface area contributed by atoms with Crippen molar-refractivity contribution < 1.29 is 14.3 Å². The van der Waals surface area contributed by atoms with E-state index in [1.165, 1.54) is 0 Å². The first kappa shape index (κ1) is 14.0. The first-order chi connectivity index (χ1) is 8.90. The van der Waals surface area contributed by atoms with Crippen LogP contribution in [0.3, 0.4) is 0 Å². The molecule has 0 amide bonds. The molecule has 1 N–H and O–H groups in total. The summed E-state index contributed by atoms with van der Waals surface area (Å²) in [5.74, 6) is -1.02. The summed E-state index contributed by atoms with van der Waals surface area (Å²) >= 11 is 0. The molecule has 1 aromatic rings. The molecule has 104 valence electrons. The summed E-state index contributed by atoms with van der Waals surface area (Å²) in [5.41, 5.74) is 1.60. The molecule has 0 aromatic heterocycles. The number of rotatable bonds is 4. The van der Waals surface area contributed by atoms with E-state index in [1.807, 2.05) is 13.0 Å². The van der Waals surface area contributed by atoms with E-state index in [-0.39, 0.29) is 23.7 Å². The van der Waals surface area contributed by atoms with Crippen molar-refractivity contribution in [3.63, 3.8) is 0 Å². The Morgan fingerprint density at radius 2 is 2.05 bits per heavy atom. The molecule has 0 aliphatic carbocycles. The zero-order chi connectivity index (χ0) is 14.2. The fraction of sp³-hybridized carbons (Fsp3) is 0.533. The molecule has 1 aliphatic heterocycles. The molecular weight excluding hydrogens is 245 g/mol. The summed E-state index contributed by atoms with van der Waals surface area (Å²) < 4.78 is 13.5. The van der Waals surface area contributed by atoms with Gasteiger partial charge in [0.05, 0.1) is 5.92 Å². The molecule has 0 spiro atoms. The molecule has 3 nitrogen and oxygen atoms in total. The monoisotopic (exact) mass is 265 g/mol. The number of carboxylic acids is 1. The number of aliphatic carboxylic acids is 1. The highest BCUT2D eigenvalue weighted by Gasteiger charge is 2.37. The molecule has 4 heteroatoms. The van der Waals surface area contributed by atoms with E-state index in [1.54, 1.807) is 26.0 Å². The maximum atomic E-state index is 13.5. The third-order valence-electron chi connectivity index (χ3n) is 4.26. The van der Waals surface area contributed by atoms with Crippen LogP contribution >= 0.6 is 0 Å². The van der Waals surface area contributed by atoms with E-state index in [0.29, 0.717) is 5.56 Å². The molecule has 1 heterocycles. The Balaban J connectivity index is 1.97. The lowest BCUT2D eigenvalue weighted by Crippen LogP contribution is -2.51. The Morgan fingerprint density at radius 1 is 1.42 bits per heavy atom. The van der Waals surface area contributed by atoms with E-state index in [9.17, 15) is 9.18 Å². The molecule has 1 aliphatic rings. The summed E-state index contributed by atoms with van der Waals surface area (Å²) in [7, 11) is 0. The van der Waals surface area contributed by atoms with Gasteiger partial charge in [-0.3, -0.25) is 9.69 Å². The molecular formula is C15H20FNO2. The SMILES string of the molecule is Cc1ccc(C(C)N2CC(C(C)C(=O)O)C2)cc1F. The van der Waals surface area contributed by atoms with Gasteiger partial charge in [-0.15, -0.1) is 0 Å². The summed E-state index contributed by atoms with van der Waals surface area (Å²) in [6.07, 6.45) is 0. The number of hydrogen-bond acceptors (Lipinski definition) is 2. The topological polar surface area (TPSA) is 40.5 Å². The summed E-state index contributed by atoms with van der Waals surface area (Å²) in [6, 6.07) is 5.44. The van der Waals surface area contributed by atoms with Crippen LogP contribution in [0.2, 0.25) is 0 Å². The number of hydrogen-bond donors (Lipinski definition) is 1. The largest absolute Gasteiger partial charge is 0.481 e. The molecule has 2 unspecified atom stereocenters. The lowest BCUT2D eigenvalue weighted by molar-refractivity contribution is -0.146. The predicted octanol–water partition coefficient (Wildman–Crippen LogP) is 2.85. The van der Waals surface area contributed by atoms with Gasteiger partial charge in [-0.2, -0.15) is 0 Å². The van der Waals surface area contributed by atoms with Gasteiger partial charge >= 0.3 is 5.97 Å². The van der Waals surface area contributed by atoms with Gasteiger partial charge in [-0.05, 0) is 37.0 Å². The number of nitrogens with zero attached hydrogens (tertiary/aromatic N) is 1. The molecule has 0 radical (unpaired) electrons. The molecule has 19 heavy (non-hydrogen) atoms. The lowest BCUT2D eigenvalue weighted by atomic mass is 9.85. The van der Waals surface area contributed by atoms with Crippen LogP contribution < -0.4 is 0 Å². The zero-order valence-corrected chi connectivity index (χ0v) is 11.6. The Bertz CT molecular complexity index is 483. The van der Waals surface area contributed by atoms with Crippen LogP contribution in [0.25, 0.3) is 0 Å². The third kappa shape index (κ3) is 2.78. The van der Waals surface area contributed by atoms with Crippen molar-refractivity contribution in [1.29, 1.82) is 0 Å². The summed E-state index contributed by atoms with van der Waals surface area (Å²) in [4.78, 5) is 13.1. The van der Waals surface area contributed by atoms with Crippen LogP contribution in [-0.2, 0) is 4.79 Å². The Labute approximate surface area is 113 Å². The number of aryl methyl sites for hydroxylation is 1. The van der Waals surface area contributed by atoms with Crippen molar-refractivity contribution in [3.05, 3.63) is 35.1 Å². The minimum absolute atomic E-state index is 0.132. The van der Waals surface area contributed by atoms with Gasteiger partial charge in [0.1, 0.15) is 5.82 Å². The van der Waals surface area contributed by atoms with E-state index < -0.39 is 5.97 Å². The Hall–Kier alpha value is -1.42. The van der Waals surface area contributed by atoms with E-state index in [4.69, 9.17) is 5.11 Å². The van der Waals surface area contributed by atoms with Crippen molar-refractivity contribution in [3.8, 4) is 0 Å². The van der Waals surface area contributed by atoms with Crippen molar-refractivity contribution in [1.82, 2.24) is 4.90 Å². The second-order valence-electron chi connectivity index (χ2n) is 5.53. The second-order valence-corrected chi connectivity index (χ2v) is 5.53. The van der Waals surface area contributed by atoms with Gasteiger partial charge in [0.2, 0.25) is 0 Å². The second kappa shape index (κ2) is 5.29. The van der Waals surface area contributed by atoms with Crippen molar-refractivity contribution in [2.75, 3.05) is 13.1 Å². The Kier molecular flexibility index (Phi) is 3.90. The predicted molar refractivity (Wildman–Crippen MR) is 71.4 cm³/mol. The number of carboxylic acid groups (broad SMARTS) is 1. The van der Waals surface area contributed by atoms with Crippen LogP contribution in [0.15, 0.2) is 18.2 Å². The van der Waals surface area contributed by atoms with Crippen molar-refractivity contribution in [2.24, 2.45) is 11.8 Å². The molecule has 2 rings (SSSR count). The summed E-state index contributed by atoms with van der Waals surface area (Å²) in [6.45, 7) is 7.07. The van der Waals surface area contributed by atoms with Gasteiger partial charge < -0.3 is 5.11 Å². The molecule has 1 aromatic carbocycles. The van der Waals surface area contributed by atoms with Gasteiger partial charge in [-0.25, -0.2) is 4.39 Å². The van der Waals surface area contributed by atoms with Crippen LogP contribution in [0.1, 0.15) is 31.0 Å². The summed E-state index contributed by atoms with van der Waals surface area (Å²) in [5, 5.41) is 8.96. The number of benzene rings is 1. The fourth-order valence-electron chi connectivity index (χ4n) is 2.46. The minimum atomic E-state index is -0.737. The molecule has 1 saturated heterocycles. The average molecular weight is 265 g/mol. The third-order valence-corrected chi connectivity index (χ3v) is 4.26. The smallest absolute Gasteiger partial charge is 0.306 e. The number of halogens is 1. The standard InChI is InChI=1S/C15H20FNO2/c1-9-4-5-12(6-14(9)16)11(3)17-7-13(8-17)10(2)15(18)19/h4-6,10-11,13H,7-8H2,1-3H3,(H,18,19). The van der Waals surface area contributed by atoms with Gasteiger partial charge in [0, 0.05) is 19.1 Å². The quantitative estimate of drug-likeness (QED) is 0.910. The molecule has 0 bridgehead atoms. The van der Waals surface area contributed by atoms with Crippen molar-refractivity contribution in [2.45, 2.75) is 26.8 Å². The number of carbonyl (C=O) groups is 1. The van der Waals surface area contributed by atoms with E-state index in [0.717, 1.165) is 18.7 Å². The first-order valence-electron chi connectivity index (χ1n) is 6.63. The maximum absolute atomic E-state index is 13.5. The zero-order valence-electron chi connectivity index (χ0n) is 11.6.